The lowest BCUT2D eigenvalue weighted by Crippen LogP contribution is -2.35. The molecule has 6 heteroatoms. The average Bonchev–Trinajstić information content (AvgIpc) is 2.70. The number of carbonyl (C=O) groups is 1. The molecule has 0 radical (unpaired) electrons. The monoisotopic (exact) mass is 402 g/mol. The Kier molecular flexibility index (Phi) is 7.18. The van der Waals surface area contributed by atoms with E-state index in [4.69, 9.17) is 21.1 Å². The zero-order valence-electron chi connectivity index (χ0n) is 16.4. The van der Waals surface area contributed by atoms with Gasteiger partial charge in [0.2, 0.25) is 0 Å². The number of rotatable bonds is 7. The number of halogens is 1. The van der Waals surface area contributed by atoms with Crippen molar-refractivity contribution in [1.82, 2.24) is 4.90 Å². The molecule has 1 heterocycles. The van der Waals surface area contributed by atoms with Crippen molar-refractivity contribution in [2.24, 2.45) is 0 Å². The summed E-state index contributed by atoms with van der Waals surface area (Å²) >= 11 is 6.12. The van der Waals surface area contributed by atoms with Crippen LogP contribution in [0, 0.1) is 0 Å². The summed E-state index contributed by atoms with van der Waals surface area (Å²) in [7, 11) is 2.13. The van der Waals surface area contributed by atoms with Crippen LogP contribution in [0.3, 0.4) is 0 Å². The highest BCUT2D eigenvalue weighted by Gasteiger charge is 2.20. The summed E-state index contributed by atoms with van der Waals surface area (Å²) in [6.45, 7) is 4.02. The molecule has 0 aliphatic carbocycles. The zero-order chi connectivity index (χ0) is 19.9. The zero-order valence-corrected chi connectivity index (χ0v) is 17.1. The maximum absolute atomic E-state index is 12.6. The fourth-order valence-electron chi connectivity index (χ4n) is 3.15. The summed E-state index contributed by atoms with van der Waals surface area (Å²) in [5.41, 5.74) is 0.710. The second-order valence-corrected chi connectivity index (χ2v) is 7.49. The maximum Gasteiger partial charge on any atom is 0.265 e. The number of amides is 1. The van der Waals surface area contributed by atoms with E-state index in [2.05, 4.69) is 17.3 Å². The second kappa shape index (κ2) is 9.80. The quantitative estimate of drug-likeness (QED) is 0.734. The van der Waals surface area contributed by atoms with Crippen LogP contribution in [0.4, 0.5) is 5.69 Å². The molecule has 2 aromatic rings. The molecule has 0 bridgehead atoms. The summed E-state index contributed by atoms with van der Waals surface area (Å²) in [6.07, 6.45) is 2.24. The molecule has 1 aliphatic heterocycles. The smallest absolute Gasteiger partial charge is 0.265 e. The van der Waals surface area contributed by atoms with Crippen molar-refractivity contribution < 1.29 is 14.3 Å². The van der Waals surface area contributed by atoms with E-state index < -0.39 is 6.10 Å². The number of hydrogen-bond acceptors (Lipinski definition) is 4. The third-order valence-corrected chi connectivity index (χ3v) is 5.17. The summed E-state index contributed by atoms with van der Waals surface area (Å²) in [5, 5.41) is 3.39. The van der Waals surface area contributed by atoms with Gasteiger partial charge in [-0.15, -0.1) is 0 Å². The van der Waals surface area contributed by atoms with Gasteiger partial charge in [0.1, 0.15) is 17.6 Å². The van der Waals surface area contributed by atoms with E-state index in [1.165, 1.54) is 0 Å². The summed E-state index contributed by atoms with van der Waals surface area (Å²) in [6, 6.07) is 14.6. The molecule has 1 aliphatic rings. The van der Waals surface area contributed by atoms with Crippen LogP contribution in [0.25, 0.3) is 0 Å². The van der Waals surface area contributed by atoms with Crippen LogP contribution < -0.4 is 14.8 Å². The Balaban J connectivity index is 1.55. The van der Waals surface area contributed by atoms with Gasteiger partial charge in [0.05, 0.1) is 5.02 Å². The third kappa shape index (κ3) is 5.63. The van der Waals surface area contributed by atoms with E-state index >= 15 is 0 Å². The number of likely N-dealkylation sites (tertiary alicyclic amines) is 1. The molecule has 1 saturated heterocycles. The van der Waals surface area contributed by atoms with Gasteiger partial charge in [-0.1, -0.05) is 30.7 Å². The summed E-state index contributed by atoms with van der Waals surface area (Å²) < 4.78 is 11.8. The predicted molar refractivity (Wildman–Crippen MR) is 112 cm³/mol. The van der Waals surface area contributed by atoms with Gasteiger partial charge >= 0.3 is 0 Å². The van der Waals surface area contributed by atoms with E-state index in [0.717, 1.165) is 31.7 Å². The Morgan fingerprint density at radius 1 is 1.18 bits per heavy atom. The normalized spacial score (nSPS) is 16.4. The van der Waals surface area contributed by atoms with Crippen LogP contribution >= 0.6 is 11.6 Å². The van der Waals surface area contributed by atoms with Crippen LogP contribution in [-0.4, -0.2) is 43.2 Å². The van der Waals surface area contributed by atoms with Gasteiger partial charge in [-0.3, -0.25) is 4.79 Å². The molecule has 1 fully saturated rings. The highest BCUT2D eigenvalue weighted by Crippen LogP contribution is 2.25. The van der Waals surface area contributed by atoms with Gasteiger partial charge in [-0.25, -0.2) is 0 Å². The molecule has 2 aromatic carbocycles. The lowest BCUT2D eigenvalue weighted by Gasteiger charge is -2.29. The topological polar surface area (TPSA) is 50.8 Å². The molecule has 1 atom stereocenters. The first-order valence-electron chi connectivity index (χ1n) is 9.72. The van der Waals surface area contributed by atoms with Crippen molar-refractivity contribution in [3.8, 4) is 11.5 Å². The fourth-order valence-corrected chi connectivity index (χ4v) is 3.33. The van der Waals surface area contributed by atoms with Gasteiger partial charge in [-0.2, -0.15) is 0 Å². The number of nitrogens with zero attached hydrogens (tertiary/aromatic N) is 1. The minimum atomic E-state index is -0.616. The van der Waals surface area contributed by atoms with Crippen molar-refractivity contribution >= 4 is 23.2 Å². The van der Waals surface area contributed by atoms with E-state index in [1.54, 1.807) is 12.1 Å². The molecule has 28 heavy (non-hydrogen) atoms. The lowest BCUT2D eigenvalue weighted by molar-refractivity contribution is -0.122. The third-order valence-electron chi connectivity index (χ3n) is 4.86. The first-order chi connectivity index (χ1) is 13.5. The first kappa shape index (κ1) is 20.5. The average molecular weight is 403 g/mol. The number of piperidine rings is 1. The van der Waals surface area contributed by atoms with Gasteiger partial charge in [0.15, 0.2) is 6.10 Å². The predicted octanol–water partition coefficient (Wildman–Crippen LogP) is 4.61. The van der Waals surface area contributed by atoms with Crippen LogP contribution in [0.15, 0.2) is 48.5 Å². The summed E-state index contributed by atoms with van der Waals surface area (Å²) in [4.78, 5) is 14.9. The molecule has 5 nitrogen and oxygen atoms in total. The Labute approximate surface area is 171 Å². The van der Waals surface area contributed by atoms with E-state index in [-0.39, 0.29) is 12.0 Å². The van der Waals surface area contributed by atoms with E-state index in [9.17, 15) is 4.79 Å². The van der Waals surface area contributed by atoms with Crippen LogP contribution in [-0.2, 0) is 4.79 Å². The van der Waals surface area contributed by atoms with Gasteiger partial charge < -0.3 is 19.7 Å². The second-order valence-electron chi connectivity index (χ2n) is 7.08. The SMILES string of the molecule is CCC(Oc1ccccc1Cl)C(=O)Nc1ccc(OC2CCN(C)CC2)cc1. The fraction of sp³-hybridized carbons (Fsp3) is 0.409. The number of nitrogens with one attached hydrogen (secondary N) is 1. The Bertz CT molecular complexity index is 774. The van der Waals surface area contributed by atoms with Gasteiger partial charge in [-0.05, 0) is 62.7 Å². The van der Waals surface area contributed by atoms with Crippen molar-refractivity contribution in [1.29, 1.82) is 0 Å². The molecule has 0 spiro atoms. The number of anilines is 1. The number of ether oxygens (including phenoxy) is 2. The number of hydrogen-bond donors (Lipinski definition) is 1. The Morgan fingerprint density at radius 2 is 1.86 bits per heavy atom. The highest BCUT2D eigenvalue weighted by molar-refractivity contribution is 6.32. The minimum absolute atomic E-state index is 0.202. The molecular formula is C22H27ClN2O3. The van der Waals surface area contributed by atoms with Crippen LogP contribution in [0.5, 0.6) is 11.5 Å². The van der Waals surface area contributed by atoms with E-state index in [1.807, 2.05) is 43.3 Å². The lowest BCUT2D eigenvalue weighted by atomic mass is 10.1. The Morgan fingerprint density at radius 3 is 2.50 bits per heavy atom. The molecular weight excluding hydrogens is 376 g/mol. The molecule has 1 unspecified atom stereocenters. The van der Waals surface area contributed by atoms with Gasteiger partial charge in [0.25, 0.3) is 5.91 Å². The number of carbonyl (C=O) groups excluding carboxylic acids is 1. The van der Waals surface area contributed by atoms with Crippen molar-refractivity contribution in [2.45, 2.75) is 38.4 Å². The van der Waals surface area contributed by atoms with E-state index in [0.29, 0.717) is 22.9 Å². The largest absolute Gasteiger partial charge is 0.490 e. The van der Waals surface area contributed by atoms with Crippen LogP contribution in [0.2, 0.25) is 5.02 Å². The number of para-hydroxylation sites is 1. The van der Waals surface area contributed by atoms with Crippen LogP contribution in [0.1, 0.15) is 26.2 Å². The molecule has 3 rings (SSSR count). The standard InChI is InChI=1S/C22H27ClN2O3/c1-3-20(28-21-7-5-4-6-19(21)23)22(26)24-16-8-10-17(11-9-16)27-18-12-14-25(2)15-13-18/h4-11,18,20H,3,12-15H2,1-2H3,(H,24,26). The highest BCUT2D eigenvalue weighted by atomic mass is 35.5. The molecule has 0 aromatic heterocycles. The van der Waals surface area contributed by atoms with Crippen molar-refractivity contribution in [2.75, 3.05) is 25.5 Å². The maximum atomic E-state index is 12.6. The van der Waals surface area contributed by atoms with Gasteiger partial charge in [0, 0.05) is 18.8 Å². The van der Waals surface area contributed by atoms with Crippen molar-refractivity contribution in [3.05, 3.63) is 53.6 Å². The first-order valence-corrected chi connectivity index (χ1v) is 10.1. The number of benzene rings is 2. The molecule has 0 saturated carbocycles. The van der Waals surface area contributed by atoms with Crippen molar-refractivity contribution in [3.63, 3.8) is 0 Å². The molecule has 1 N–H and O–H groups in total. The Hall–Kier alpha value is -2.24. The molecule has 1 amide bonds. The summed E-state index contributed by atoms with van der Waals surface area (Å²) in [5.74, 6) is 1.13. The molecule has 150 valence electrons. The minimum Gasteiger partial charge on any atom is -0.490 e.